The third-order valence-corrected chi connectivity index (χ3v) is 4.09. The van der Waals surface area contributed by atoms with Crippen molar-refractivity contribution in [2.24, 2.45) is 0 Å². The Hall–Kier alpha value is -1.39. The summed E-state index contributed by atoms with van der Waals surface area (Å²) in [5, 5.41) is 3.51. The highest BCUT2D eigenvalue weighted by molar-refractivity contribution is 9.10. The van der Waals surface area contributed by atoms with Gasteiger partial charge in [-0.25, -0.2) is 0 Å². The van der Waals surface area contributed by atoms with Crippen LogP contribution in [0.15, 0.2) is 47.2 Å². The summed E-state index contributed by atoms with van der Waals surface area (Å²) in [6, 6.07) is 10.5. The molecule has 2 atom stereocenters. The Balaban J connectivity index is 1.56. The van der Waals surface area contributed by atoms with E-state index >= 15 is 0 Å². The molecule has 1 aliphatic rings. The van der Waals surface area contributed by atoms with E-state index in [0.29, 0.717) is 0 Å². The maximum Gasteiger partial charge on any atom is 0.123 e. The molecule has 0 amide bonds. The summed E-state index contributed by atoms with van der Waals surface area (Å²) >= 11 is 3.50. The number of fused-ring (bicyclic) bond motifs is 1. The Kier molecular flexibility index (Phi) is 4.03. The lowest BCUT2D eigenvalue weighted by Gasteiger charge is -2.17. The number of benzene rings is 1. The lowest BCUT2D eigenvalue weighted by Crippen LogP contribution is -2.31. The molecule has 104 valence electrons. The maximum atomic E-state index is 5.95. The van der Waals surface area contributed by atoms with Gasteiger partial charge in [-0.1, -0.05) is 22.0 Å². The summed E-state index contributed by atoms with van der Waals surface area (Å²) in [4.78, 5) is 4.15. The summed E-state index contributed by atoms with van der Waals surface area (Å²) in [5.74, 6) is 1.01. The van der Waals surface area contributed by atoms with Gasteiger partial charge in [-0.2, -0.15) is 0 Å². The average molecular weight is 333 g/mol. The van der Waals surface area contributed by atoms with Crippen molar-refractivity contribution in [2.75, 3.05) is 6.54 Å². The number of pyridine rings is 1. The second-order valence-electron chi connectivity index (χ2n) is 5.11. The van der Waals surface area contributed by atoms with Crippen LogP contribution in [0.5, 0.6) is 5.75 Å². The topological polar surface area (TPSA) is 34.1 Å². The Morgan fingerprint density at radius 2 is 2.35 bits per heavy atom. The van der Waals surface area contributed by atoms with E-state index in [1.807, 2.05) is 24.4 Å². The number of hydrogen-bond acceptors (Lipinski definition) is 3. The average Bonchev–Trinajstić information content (AvgIpc) is 2.87. The van der Waals surface area contributed by atoms with E-state index in [1.54, 1.807) is 6.20 Å². The van der Waals surface area contributed by atoms with E-state index in [2.05, 4.69) is 45.3 Å². The number of ether oxygens (including phenoxy) is 1. The molecule has 3 rings (SSSR count). The number of rotatable bonds is 4. The van der Waals surface area contributed by atoms with Crippen molar-refractivity contribution in [3.63, 3.8) is 0 Å². The minimum absolute atomic E-state index is 0.207. The van der Waals surface area contributed by atoms with Gasteiger partial charge >= 0.3 is 0 Å². The van der Waals surface area contributed by atoms with Gasteiger partial charge in [0.05, 0.1) is 0 Å². The zero-order valence-electron chi connectivity index (χ0n) is 11.3. The van der Waals surface area contributed by atoms with Gasteiger partial charge in [-0.3, -0.25) is 4.98 Å². The van der Waals surface area contributed by atoms with Crippen molar-refractivity contribution in [2.45, 2.75) is 25.5 Å². The van der Waals surface area contributed by atoms with E-state index in [0.717, 1.165) is 23.2 Å². The number of halogens is 1. The van der Waals surface area contributed by atoms with Crippen LogP contribution in [0.4, 0.5) is 0 Å². The van der Waals surface area contributed by atoms with Gasteiger partial charge in [0.2, 0.25) is 0 Å². The second-order valence-corrected chi connectivity index (χ2v) is 6.03. The minimum Gasteiger partial charge on any atom is -0.488 e. The third-order valence-electron chi connectivity index (χ3n) is 3.60. The quantitative estimate of drug-likeness (QED) is 0.930. The molecule has 20 heavy (non-hydrogen) atoms. The molecule has 2 aromatic rings. The number of nitrogens with one attached hydrogen (secondary N) is 1. The monoisotopic (exact) mass is 332 g/mol. The molecule has 1 aromatic carbocycles. The molecular weight excluding hydrogens is 316 g/mol. The predicted molar refractivity (Wildman–Crippen MR) is 82.9 cm³/mol. The lowest BCUT2D eigenvalue weighted by atomic mass is 10.1. The molecule has 0 aliphatic carbocycles. The van der Waals surface area contributed by atoms with Crippen LogP contribution in [-0.4, -0.2) is 17.6 Å². The lowest BCUT2D eigenvalue weighted by molar-refractivity contribution is 0.222. The number of nitrogens with zero attached hydrogens (tertiary/aromatic N) is 1. The molecule has 0 saturated heterocycles. The molecule has 1 unspecified atom stereocenters. The van der Waals surface area contributed by atoms with Crippen LogP contribution in [0.1, 0.15) is 24.1 Å². The van der Waals surface area contributed by atoms with E-state index in [4.69, 9.17) is 4.74 Å². The molecular formula is C16H17BrN2O. The summed E-state index contributed by atoms with van der Waals surface area (Å²) in [6.45, 7) is 2.98. The molecule has 4 heteroatoms. The molecule has 0 fully saturated rings. The molecule has 1 aliphatic heterocycles. The van der Waals surface area contributed by atoms with Gasteiger partial charge in [0.25, 0.3) is 0 Å². The fourth-order valence-corrected chi connectivity index (χ4v) is 2.87. The first-order chi connectivity index (χ1) is 9.72. The van der Waals surface area contributed by atoms with Crippen LogP contribution in [-0.2, 0) is 6.42 Å². The summed E-state index contributed by atoms with van der Waals surface area (Å²) < 4.78 is 7.06. The molecule has 1 aromatic heterocycles. The summed E-state index contributed by atoms with van der Waals surface area (Å²) in [5.41, 5.74) is 2.48. The van der Waals surface area contributed by atoms with Crippen LogP contribution in [0.2, 0.25) is 0 Å². The fourth-order valence-electron chi connectivity index (χ4n) is 2.46. The number of aromatic nitrogens is 1. The first kappa shape index (κ1) is 13.6. The van der Waals surface area contributed by atoms with Crippen LogP contribution >= 0.6 is 15.9 Å². The Bertz CT molecular complexity index is 588. The van der Waals surface area contributed by atoms with Crippen molar-refractivity contribution in [1.29, 1.82) is 0 Å². The minimum atomic E-state index is 0.207. The molecule has 0 bridgehead atoms. The van der Waals surface area contributed by atoms with E-state index < -0.39 is 0 Å². The molecule has 2 heterocycles. The van der Waals surface area contributed by atoms with Gasteiger partial charge in [0, 0.05) is 35.9 Å². The Morgan fingerprint density at radius 1 is 1.45 bits per heavy atom. The van der Waals surface area contributed by atoms with Crippen molar-refractivity contribution in [1.82, 2.24) is 10.3 Å². The molecule has 0 saturated carbocycles. The highest BCUT2D eigenvalue weighted by atomic mass is 79.9. The van der Waals surface area contributed by atoms with Gasteiger partial charge in [0.1, 0.15) is 11.9 Å². The largest absolute Gasteiger partial charge is 0.488 e. The van der Waals surface area contributed by atoms with E-state index in [1.165, 1.54) is 11.1 Å². The smallest absolute Gasteiger partial charge is 0.123 e. The van der Waals surface area contributed by atoms with Gasteiger partial charge in [-0.05, 0) is 42.3 Å². The zero-order chi connectivity index (χ0) is 13.9. The van der Waals surface area contributed by atoms with Gasteiger partial charge in [0.15, 0.2) is 0 Å². The van der Waals surface area contributed by atoms with Gasteiger partial charge < -0.3 is 10.1 Å². The summed E-state index contributed by atoms with van der Waals surface area (Å²) in [6.07, 6.45) is 4.86. The first-order valence-corrected chi connectivity index (χ1v) is 7.60. The molecule has 1 N–H and O–H groups in total. The van der Waals surface area contributed by atoms with Crippen molar-refractivity contribution in [3.05, 3.63) is 58.3 Å². The highest BCUT2D eigenvalue weighted by Gasteiger charge is 2.23. The van der Waals surface area contributed by atoms with Crippen molar-refractivity contribution in [3.8, 4) is 5.75 Å². The fraction of sp³-hybridized carbons (Fsp3) is 0.312. The highest BCUT2D eigenvalue weighted by Crippen LogP contribution is 2.31. The Labute approximate surface area is 127 Å². The van der Waals surface area contributed by atoms with Crippen LogP contribution < -0.4 is 10.1 Å². The third kappa shape index (κ3) is 3.02. The van der Waals surface area contributed by atoms with Crippen molar-refractivity contribution < 1.29 is 4.74 Å². The predicted octanol–water partition coefficient (Wildman–Crippen LogP) is 3.50. The second kappa shape index (κ2) is 5.94. The summed E-state index contributed by atoms with van der Waals surface area (Å²) in [7, 11) is 0. The first-order valence-electron chi connectivity index (χ1n) is 6.81. The maximum absolute atomic E-state index is 5.95. The van der Waals surface area contributed by atoms with Crippen LogP contribution in [0, 0.1) is 0 Å². The standard InChI is InChI=1S/C16H17BrN2O/c1-11(12-3-2-6-18-9-12)19-10-15-8-13-7-14(17)4-5-16(13)20-15/h2-7,9,11,15,19H,8,10H2,1H3/t11-,15?/m1/s1. The molecule has 0 radical (unpaired) electrons. The van der Waals surface area contributed by atoms with Crippen molar-refractivity contribution >= 4 is 15.9 Å². The molecule has 0 spiro atoms. The van der Waals surface area contributed by atoms with Crippen LogP contribution in [0.25, 0.3) is 0 Å². The zero-order valence-corrected chi connectivity index (χ0v) is 12.9. The normalized spacial score (nSPS) is 18.4. The Morgan fingerprint density at radius 3 is 3.15 bits per heavy atom. The van der Waals surface area contributed by atoms with E-state index in [9.17, 15) is 0 Å². The van der Waals surface area contributed by atoms with Gasteiger partial charge in [-0.15, -0.1) is 0 Å². The molecule has 3 nitrogen and oxygen atoms in total. The number of hydrogen-bond donors (Lipinski definition) is 1. The SMILES string of the molecule is C[C@@H](NCC1Cc2cc(Br)ccc2O1)c1cccnc1. The van der Waals surface area contributed by atoms with E-state index in [-0.39, 0.29) is 12.1 Å². The van der Waals surface area contributed by atoms with Crippen LogP contribution in [0.3, 0.4) is 0 Å².